The Hall–Kier alpha value is -1.70. The molecule has 1 N–H and O–H groups in total. The summed E-state index contributed by atoms with van der Waals surface area (Å²) in [6, 6.07) is 6.67. The van der Waals surface area contributed by atoms with Crippen LogP contribution in [0.3, 0.4) is 0 Å². The predicted molar refractivity (Wildman–Crippen MR) is 112 cm³/mol. The van der Waals surface area contributed by atoms with E-state index in [2.05, 4.69) is 37.7 Å². The fourth-order valence-electron chi connectivity index (χ4n) is 5.09. The fourth-order valence-corrected chi connectivity index (χ4v) is 5.90. The molecule has 4 aliphatic rings. The highest BCUT2D eigenvalue weighted by molar-refractivity contribution is 7.13. The lowest BCUT2D eigenvalue weighted by Crippen LogP contribution is -2.57. The second-order valence-corrected chi connectivity index (χ2v) is 9.29. The molecule has 150 valence electrons. The Balaban J connectivity index is 1.30. The van der Waals surface area contributed by atoms with Crippen molar-refractivity contribution in [2.24, 2.45) is 11.8 Å². The summed E-state index contributed by atoms with van der Waals surface area (Å²) in [5.74, 6) is 1.21. The van der Waals surface area contributed by atoms with Crippen molar-refractivity contribution in [1.82, 2.24) is 14.6 Å². The number of benzene rings is 1. The van der Waals surface area contributed by atoms with E-state index in [1.807, 2.05) is 0 Å². The first-order valence-corrected chi connectivity index (χ1v) is 11.1. The van der Waals surface area contributed by atoms with Gasteiger partial charge in [-0.15, -0.1) is 0 Å². The lowest BCUT2D eigenvalue weighted by Gasteiger charge is -2.44. The Labute approximate surface area is 170 Å². The molecule has 28 heavy (non-hydrogen) atoms. The van der Waals surface area contributed by atoms with Gasteiger partial charge in [0, 0.05) is 49.8 Å². The van der Waals surface area contributed by atoms with Crippen molar-refractivity contribution in [2.75, 3.05) is 51.3 Å². The number of carbonyl (C=O) groups is 1. The number of methoxy groups -OCH3 is 1. The SMILES string of the molecule is COCC1CCN(c2ccc3c(C(=O)N[C@H]4CN5CCC4CC5)nsc3c2)C1. The standard InChI is InChI=1S/C21H28N4O2S/c1-27-13-14-4-9-25(11-14)16-2-3-17-19(10-16)28-23-20(17)21(26)22-18-12-24-7-5-15(18)6-8-24/h2-3,10,14-15,18H,4-9,11-13H2,1H3,(H,22,26)/t14?,18-/m0/s1. The maximum Gasteiger partial charge on any atom is 0.271 e. The van der Waals surface area contributed by atoms with Gasteiger partial charge < -0.3 is 19.9 Å². The highest BCUT2D eigenvalue weighted by Gasteiger charge is 2.35. The monoisotopic (exact) mass is 400 g/mol. The van der Waals surface area contributed by atoms with Crippen LogP contribution in [0.5, 0.6) is 0 Å². The summed E-state index contributed by atoms with van der Waals surface area (Å²) >= 11 is 1.43. The molecule has 7 heteroatoms. The molecule has 0 spiro atoms. The van der Waals surface area contributed by atoms with Crippen LogP contribution in [-0.4, -0.2) is 67.7 Å². The zero-order valence-electron chi connectivity index (χ0n) is 16.4. The van der Waals surface area contributed by atoms with Crippen LogP contribution in [0.15, 0.2) is 18.2 Å². The molecule has 4 fully saturated rings. The van der Waals surface area contributed by atoms with Gasteiger partial charge in [0.2, 0.25) is 0 Å². The lowest BCUT2D eigenvalue weighted by molar-refractivity contribution is 0.0619. The van der Waals surface area contributed by atoms with E-state index in [1.165, 1.54) is 49.6 Å². The Morgan fingerprint density at radius 2 is 2.11 bits per heavy atom. The first-order valence-electron chi connectivity index (χ1n) is 10.4. The Morgan fingerprint density at radius 1 is 1.25 bits per heavy atom. The van der Waals surface area contributed by atoms with Gasteiger partial charge in [0.05, 0.1) is 11.3 Å². The Kier molecular flexibility index (Phi) is 4.99. The highest BCUT2D eigenvalue weighted by atomic mass is 32.1. The number of hydrogen-bond acceptors (Lipinski definition) is 6. The molecule has 0 saturated carbocycles. The van der Waals surface area contributed by atoms with E-state index >= 15 is 0 Å². The van der Waals surface area contributed by atoms with Crippen molar-refractivity contribution in [3.05, 3.63) is 23.9 Å². The predicted octanol–water partition coefficient (Wildman–Crippen LogP) is 2.59. The molecule has 2 bridgehead atoms. The zero-order chi connectivity index (χ0) is 19.1. The third kappa shape index (κ3) is 3.40. The molecule has 1 amide bonds. The average molecular weight is 401 g/mol. The quantitative estimate of drug-likeness (QED) is 0.836. The second-order valence-electron chi connectivity index (χ2n) is 8.49. The highest BCUT2D eigenvalue weighted by Crippen LogP contribution is 2.32. The van der Waals surface area contributed by atoms with Crippen LogP contribution >= 0.6 is 11.5 Å². The van der Waals surface area contributed by atoms with E-state index in [4.69, 9.17) is 4.74 Å². The molecule has 1 unspecified atom stereocenters. The van der Waals surface area contributed by atoms with Crippen molar-refractivity contribution in [2.45, 2.75) is 25.3 Å². The number of rotatable bonds is 5. The largest absolute Gasteiger partial charge is 0.384 e. The fraction of sp³-hybridized carbons (Fsp3) is 0.619. The number of piperidine rings is 3. The summed E-state index contributed by atoms with van der Waals surface area (Å²) in [6.07, 6.45) is 3.57. The molecular formula is C21H28N4O2S. The van der Waals surface area contributed by atoms with E-state index in [0.29, 0.717) is 17.5 Å². The third-order valence-electron chi connectivity index (χ3n) is 6.70. The summed E-state index contributed by atoms with van der Waals surface area (Å²) in [7, 11) is 1.77. The van der Waals surface area contributed by atoms with E-state index in [9.17, 15) is 4.79 Å². The molecule has 4 saturated heterocycles. The molecule has 1 aromatic heterocycles. The number of aromatic nitrogens is 1. The first-order chi connectivity index (χ1) is 13.7. The lowest BCUT2D eigenvalue weighted by atomic mass is 9.84. The van der Waals surface area contributed by atoms with Gasteiger partial charge >= 0.3 is 0 Å². The summed E-state index contributed by atoms with van der Waals surface area (Å²) in [6.45, 7) is 6.27. The topological polar surface area (TPSA) is 57.7 Å². The average Bonchev–Trinajstić information content (AvgIpc) is 3.35. The number of hydrogen-bond donors (Lipinski definition) is 1. The van der Waals surface area contributed by atoms with Gasteiger partial charge in [-0.3, -0.25) is 4.79 Å². The summed E-state index contributed by atoms with van der Waals surface area (Å²) in [4.78, 5) is 17.8. The molecule has 5 heterocycles. The number of carbonyl (C=O) groups excluding carboxylic acids is 1. The molecule has 0 radical (unpaired) electrons. The van der Waals surface area contributed by atoms with E-state index in [1.54, 1.807) is 7.11 Å². The van der Waals surface area contributed by atoms with Crippen LogP contribution < -0.4 is 10.2 Å². The van der Waals surface area contributed by atoms with Crippen LogP contribution in [-0.2, 0) is 4.74 Å². The maximum absolute atomic E-state index is 12.9. The zero-order valence-corrected chi connectivity index (χ0v) is 17.2. The molecule has 4 aliphatic heterocycles. The van der Waals surface area contributed by atoms with Crippen molar-refractivity contribution in [1.29, 1.82) is 0 Å². The summed E-state index contributed by atoms with van der Waals surface area (Å²) in [5, 5.41) is 4.25. The van der Waals surface area contributed by atoms with Crippen molar-refractivity contribution < 1.29 is 9.53 Å². The van der Waals surface area contributed by atoms with E-state index in [-0.39, 0.29) is 11.9 Å². The molecule has 1 aromatic carbocycles. The molecule has 6 rings (SSSR count). The minimum Gasteiger partial charge on any atom is -0.384 e. The smallest absolute Gasteiger partial charge is 0.271 e. The normalized spacial score (nSPS) is 29.5. The minimum atomic E-state index is -0.0147. The summed E-state index contributed by atoms with van der Waals surface area (Å²) in [5.41, 5.74) is 1.81. The maximum atomic E-state index is 12.9. The number of fused-ring (bicyclic) bond motifs is 4. The van der Waals surface area contributed by atoms with Crippen molar-refractivity contribution in [3.8, 4) is 0 Å². The van der Waals surface area contributed by atoms with Gasteiger partial charge in [-0.25, -0.2) is 0 Å². The van der Waals surface area contributed by atoms with Gasteiger partial charge in [0.1, 0.15) is 5.69 Å². The van der Waals surface area contributed by atoms with Gasteiger partial charge in [-0.2, -0.15) is 4.37 Å². The molecule has 2 aromatic rings. The summed E-state index contributed by atoms with van der Waals surface area (Å²) < 4.78 is 10.9. The number of amides is 1. The third-order valence-corrected chi connectivity index (χ3v) is 7.51. The van der Waals surface area contributed by atoms with Crippen molar-refractivity contribution in [3.63, 3.8) is 0 Å². The van der Waals surface area contributed by atoms with Crippen molar-refractivity contribution >= 4 is 33.2 Å². The molecule has 2 atom stereocenters. The van der Waals surface area contributed by atoms with Gasteiger partial charge in [0.25, 0.3) is 5.91 Å². The Bertz CT molecular complexity index is 861. The first kappa shape index (κ1) is 18.3. The van der Waals surface area contributed by atoms with Crippen LogP contribution in [0.25, 0.3) is 10.1 Å². The van der Waals surface area contributed by atoms with Crippen LogP contribution in [0.4, 0.5) is 5.69 Å². The van der Waals surface area contributed by atoms with E-state index in [0.717, 1.165) is 36.3 Å². The number of nitrogens with one attached hydrogen (secondary N) is 1. The number of anilines is 1. The van der Waals surface area contributed by atoms with Gasteiger partial charge in [-0.1, -0.05) is 0 Å². The van der Waals surface area contributed by atoms with E-state index < -0.39 is 0 Å². The van der Waals surface area contributed by atoms with Gasteiger partial charge in [-0.05, 0) is 68.0 Å². The Morgan fingerprint density at radius 3 is 2.86 bits per heavy atom. The van der Waals surface area contributed by atoms with Crippen LogP contribution in [0, 0.1) is 11.8 Å². The number of nitrogens with zero attached hydrogens (tertiary/aromatic N) is 3. The minimum absolute atomic E-state index is 0.0147. The molecule has 0 aliphatic carbocycles. The van der Waals surface area contributed by atoms with Gasteiger partial charge in [0.15, 0.2) is 0 Å². The number of ether oxygens (including phenoxy) is 1. The molecular weight excluding hydrogens is 372 g/mol. The molecule has 6 nitrogen and oxygen atoms in total. The van der Waals surface area contributed by atoms with Crippen LogP contribution in [0.1, 0.15) is 29.8 Å². The second kappa shape index (κ2) is 7.61. The van der Waals surface area contributed by atoms with Crippen LogP contribution in [0.2, 0.25) is 0 Å².